The van der Waals surface area contributed by atoms with E-state index in [4.69, 9.17) is 9.47 Å². The van der Waals surface area contributed by atoms with E-state index in [1.165, 1.54) is 12.1 Å². The SMILES string of the molecule is O=[N+]([O-])c1ccc(N=NCc2ccc3c(c2)OCO3)nc1. The Kier molecular flexibility index (Phi) is 3.42. The zero-order chi connectivity index (χ0) is 14.7. The third-order valence-corrected chi connectivity index (χ3v) is 2.81. The Bertz CT molecular complexity index is 700. The summed E-state index contributed by atoms with van der Waals surface area (Å²) in [4.78, 5) is 13.8. The zero-order valence-electron chi connectivity index (χ0n) is 10.8. The molecule has 1 aromatic carbocycles. The summed E-state index contributed by atoms with van der Waals surface area (Å²) in [6.07, 6.45) is 1.15. The van der Waals surface area contributed by atoms with Crippen molar-refractivity contribution >= 4 is 11.5 Å². The summed E-state index contributed by atoms with van der Waals surface area (Å²) in [6, 6.07) is 8.31. The molecule has 0 N–H and O–H groups in total. The maximum atomic E-state index is 10.5. The summed E-state index contributed by atoms with van der Waals surface area (Å²) in [6.45, 7) is 0.586. The number of nitrogens with zero attached hydrogens (tertiary/aromatic N) is 4. The smallest absolute Gasteiger partial charge is 0.287 e. The monoisotopic (exact) mass is 286 g/mol. The molecular weight excluding hydrogens is 276 g/mol. The van der Waals surface area contributed by atoms with Crippen LogP contribution in [0, 0.1) is 10.1 Å². The van der Waals surface area contributed by atoms with E-state index in [0.29, 0.717) is 23.9 Å². The van der Waals surface area contributed by atoms with E-state index in [1.54, 1.807) is 0 Å². The van der Waals surface area contributed by atoms with E-state index < -0.39 is 4.92 Å². The minimum atomic E-state index is -0.513. The topological polar surface area (TPSA) is 99.2 Å². The van der Waals surface area contributed by atoms with E-state index in [-0.39, 0.29) is 12.5 Å². The van der Waals surface area contributed by atoms with Crippen LogP contribution in [0.4, 0.5) is 11.5 Å². The highest BCUT2D eigenvalue weighted by molar-refractivity contribution is 5.44. The van der Waals surface area contributed by atoms with Crippen LogP contribution in [0.2, 0.25) is 0 Å². The van der Waals surface area contributed by atoms with Crippen molar-refractivity contribution in [2.24, 2.45) is 10.2 Å². The Morgan fingerprint density at radius 2 is 2.10 bits per heavy atom. The second-order valence-corrected chi connectivity index (χ2v) is 4.22. The molecule has 0 saturated carbocycles. The van der Waals surface area contributed by atoms with E-state index in [9.17, 15) is 10.1 Å². The van der Waals surface area contributed by atoms with Crippen LogP contribution < -0.4 is 9.47 Å². The number of nitro groups is 1. The Labute approximate surface area is 119 Å². The maximum absolute atomic E-state index is 10.5. The van der Waals surface area contributed by atoms with Crippen molar-refractivity contribution in [2.75, 3.05) is 6.79 Å². The molecule has 0 fully saturated rings. The number of aromatic nitrogens is 1. The van der Waals surface area contributed by atoms with Gasteiger partial charge in [0, 0.05) is 6.07 Å². The number of benzene rings is 1. The predicted octanol–water partition coefficient (Wildman–Crippen LogP) is 3.00. The van der Waals surface area contributed by atoms with Gasteiger partial charge in [0.15, 0.2) is 17.3 Å². The van der Waals surface area contributed by atoms with Crippen LogP contribution in [0.15, 0.2) is 46.8 Å². The molecule has 0 saturated heterocycles. The van der Waals surface area contributed by atoms with Gasteiger partial charge in [0.2, 0.25) is 6.79 Å². The average Bonchev–Trinajstić information content (AvgIpc) is 2.95. The van der Waals surface area contributed by atoms with Crippen molar-refractivity contribution in [1.29, 1.82) is 0 Å². The first-order valence-electron chi connectivity index (χ1n) is 6.09. The van der Waals surface area contributed by atoms with Crippen molar-refractivity contribution in [3.05, 3.63) is 52.2 Å². The van der Waals surface area contributed by atoms with Crippen LogP contribution in [-0.2, 0) is 6.54 Å². The number of hydrogen-bond acceptors (Lipinski definition) is 7. The number of hydrogen-bond donors (Lipinski definition) is 0. The Morgan fingerprint density at radius 3 is 2.86 bits per heavy atom. The summed E-state index contributed by atoms with van der Waals surface area (Å²) in [5.74, 6) is 1.73. The third kappa shape index (κ3) is 2.94. The second-order valence-electron chi connectivity index (χ2n) is 4.22. The van der Waals surface area contributed by atoms with Crippen LogP contribution in [0.25, 0.3) is 0 Å². The first kappa shape index (κ1) is 13.0. The van der Waals surface area contributed by atoms with Gasteiger partial charge in [0.25, 0.3) is 5.69 Å². The van der Waals surface area contributed by atoms with Gasteiger partial charge in [-0.2, -0.15) is 5.11 Å². The normalized spacial score (nSPS) is 12.8. The van der Waals surface area contributed by atoms with Crippen LogP contribution in [0.3, 0.4) is 0 Å². The average molecular weight is 286 g/mol. The Hall–Kier alpha value is -3.03. The fraction of sp³-hybridized carbons (Fsp3) is 0.154. The first-order valence-corrected chi connectivity index (χ1v) is 6.09. The van der Waals surface area contributed by atoms with Gasteiger partial charge in [-0.1, -0.05) is 6.07 Å². The van der Waals surface area contributed by atoms with Gasteiger partial charge in [-0.05, 0) is 23.8 Å². The lowest BCUT2D eigenvalue weighted by molar-refractivity contribution is -0.385. The standard InChI is InChI=1S/C13H10N4O4/c18-17(19)10-2-4-13(14-7-10)16-15-6-9-1-3-11-12(5-9)21-8-20-11/h1-5,7H,6,8H2. The molecule has 0 bridgehead atoms. The molecule has 0 unspecified atom stereocenters. The lowest BCUT2D eigenvalue weighted by atomic mass is 10.2. The molecule has 2 heterocycles. The number of fused-ring (bicyclic) bond motifs is 1. The number of azo groups is 1. The molecule has 2 aromatic rings. The minimum Gasteiger partial charge on any atom is -0.454 e. The van der Waals surface area contributed by atoms with Crippen molar-refractivity contribution in [1.82, 2.24) is 4.98 Å². The zero-order valence-corrected chi connectivity index (χ0v) is 10.8. The minimum absolute atomic E-state index is 0.0790. The highest BCUT2D eigenvalue weighted by Gasteiger charge is 2.12. The molecule has 0 aliphatic carbocycles. The molecule has 0 atom stereocenters. The van der Waals surface area contributed by atoms with E-state index in [2.05, 4.69) is 15.2 Å². The van der Waals surface area contributed by atoms with Gasteiger partial charge in [0.1, 0.15) is 6.20 Å². The lowest BCUT2D eigenvalue weighted by Gasteiger charge is -1.98. The molecule has 1 aromatic heterocycles. The fourth-order valence-corrected chi connectivity index (χ4v) is 1.77. The molecule has 0 amide bonds. The molecule has 0 radical (unpaired) electrons. The molecule has 106 valence electrons. The molecule has 3 rings (SSSR count). The second kappa shape index (κ2) is 5.53. The summed E-state index contributed by atoms with van der Waals surface area (Å²) in [7, 11) is 0. The predicted molar refractivity (Wildman–Crippen MR) is 71.7 cm³/mol. The van der Waals surface area contributed by atoms with Crippen LogP contribution in [0.1, 0.15) is 5.56 Å². The van der Waals surface area contributed by atoms with Crippen LogP contribution in [-0.4, -0.2) is 16.7 Å². The fourth-order valence-electron chi connectivity index (χ4n) is 1.77. The molecule has 8 heteroatoms. The summed E-state index contributed by atoms with van der Waals surface area (Å²) in [5.41, 5.74) is 0.842. The van der Waals surface area contributed by atoms with Gasteiger partial charge >= 0.3 is 0 Å². The molecule has 21 heavy (non-hydrogen) atoms. The van der Waals surface area contributed by atoms with Gasteiger partial charge in [0.05, 0.1) is 11.5 Å². The van der Waals surface area contributed by atoms with E-state index in [1.807, 2.05) is 18.2 Å². The molecule has 1 aliphatic heterocycles. The van der Waals surface area contributed by atoms with E-state index >= 15 is 0 Å². The first-order chi connectivity index (χ1) is 10.2. The highest BCUT2D eigenvalue weighted by atomic mass is 16.7. The largest absolute Gasteiger partial charge is 0.454 e. The van der Waals surface area contributed by atoms with Crippen molar-refractivity contribution in [2.45, 2.75) is 6.54 Å². The van der Waals surface area contributed by atoms with Crippen LogP contribution in [0.5, 0.6) is 11.5 Å². The molecule has 8 nitrogen and oxygen atoms in total. The van der Waals surface area contributed by atoms with Gasteiger partial charge in [-0.25, -0.2) is 4.98 Å². The highest BCUT2D eigenvalue weighted by Crippen LogP contribution is 2.32. The van der Waals surface area contributed by atoms with Crippen molar-refractivity contribution < 1.29 is 14.4 Å². The third-order valence-electron chi connectivity index (χ3n) is 2.81. The van der Waals surface area contributed by atoms with E-state index in [0.717, 1.165) is 11.8 Å². The molecule has 1 aliphatic rings. The van der Waals surface area contributed by atoms with Gasteiger partial charge < -0.3 is 9.47 Å². The number of pyridine rings is 1. The Morgan fingerprint density at radius 1 is 1.24 bits per heavy atom. The summed E-state index contributed by atoms with van der Waals surface area (Å²) >= 11 is 0. The van der Waals surface area contributed by atoms with Crippen molar-refractivity contribution in [3.8, 4) is 11.5 Å². The summed E-state index contributed by atoms with van der Waals surface area (Å²) < 4.78 is 10.5. The molecular formula is C13H10N4O4. The number of rotatable bonds is 4. The van der Waals surface area contributed by atoms with Crippen molar-refractivity contribution in [3.63, 3.8) is 0 Å². The molecule has 0 spiro atoms. The Balaban J connectivity index is 1.65. The summed E-state index contributed by atoms with van der Waals surface area (Å²) in [5, 5.41) is 18.4. The maximum Gasteiger partial charge on any atom is 0.287 e. The lowest BCUT2D eigenvalue weighted by Crippen LogP contribution is -1.92. The van der Waals surface area contributed by atoms with Crippen LogP contribution >= 0.6 is 0 Å². The quantitative estimate of drug-likeness (QED) is 0.488. The number of ether oxygens (including phenoxy) is 2. The van der Waals surface area contributed by atoms with Gasteiger partial charge in [-0.3, -0.25) is 10.1 Å². The van der Waals surface area contributed by atoms with Gasteiger partial charge in [-0.15, -0.1) is 5.11 Å².